The standard InChI is InChI=1S/C32H34Cl2N2O3/c1-3-5-6-7-8-12-24(22-14-15-28(33)29(34)19-22)21-36(17-16-30(37)38)32(39)31-26(4-2)25(20-35)18-23-11-9-10-13-27(23)31/h6-7,9-11,13-15,18-19,24H,3-5,8,12,16-17,21H2,1-2H3,(H,37,38). The van der Waals surface area contributed by atoms with Gasteiger partial charge in [-0.1, -0.05) is 86.0 Å². The van der Waals surface area contributed by atoms with Crippen LogP contribution in [-0.2, 0) is 11.2 Å². The van der Waals surface area contributed by atoms with Crippen LogP contribution in [0.1, 0.15) is 78.9 Å². The summed E-state index contributed by atoms with van der Waals surface area (Å²) in [6, 6.07) is 17.1. The third kappa shape index (κ3) is 7.85. The van der Waals surface area contributed by atoms with Gasteiger partial charge in [0.15, 0.2) is 0 Å². The highest BCUT2D eigenvalue weighted by atomic mass is 35.5. The second-order valence-electron chi connectivity index (χ2n) is 9.57. The Morgan fingerprint density at radius 3 is 2.46 bits per heavy atom. The Bertz CT molecular complexity index is 1390. The number of hydrogen-bond donors (Lipinski definition) is 1. The highest BCUT2D eigenvalue weighted by Gasteiger charge is 2.26. The van der Waals surface area contributed by atoms with E-state index in [2.05, 4.69) is 25.1 Å². The number of carboxylic acid groups (broad SMARTS) is 1. The Balaban J connectivity index is 2.07. The number of aliphatic carboxylic acids is 1. The number of nitriles is 1. The maximum Gasteiger partial charge on any atom is 0.305 e. The van der Waals surface area contributed by atoms with Crippen molar-refractivity contribution in [2.45, 2.75) is 58.3 Å². The largest absolute Gasteiger partial charge is 0.481 e. The van der Waals surface area contributed by atoms with Crippen LogP contribution in [0.4, 0.5) is 0 Å². The maximum atomic E-state index is 14.3. The zero-order chi connectivity index (χ0) is 28.4. The van der Waals surface area contributed by atoms with Crippen LogP contribution in [0.3, 0.4) is 0 Å². The summed E-state index contributed by atoms with van der Waals surface area (Å²) in [7, 11) is 0. The SMILES string of the molecule is CCCC=CCCC(CN(CCC(=O)O)C(=O)c1c(CC)c(C#N)cc2ccccc12)c1ccc(Cl)c(Cl)c1. The topological polar surface area (TPSA) is 81.4 Å². The van der Waals surface area contributed by atoms with E-state index in [4.69, 9.17) is 23.2 Å². The van der Waals surface area contributed by atoms with Gasteiger partial charge in [-0.05, 0) is 65.8 Å². The van der Waals surface area contributed by atoms with E-state index in [0.717, 1.165) is 42.0 Å². The fraction of sp³-hybridized carbons (Fsp3) is 0.344. The van der Waals surface area contributed by atoms with Gasteiger partial charge in [0, 0.05) is 19.0 Å². The summed E-state index contributed by atoms with van der Waals surface area (Å²) >= 11 is 12.5. The number of amides is 1. The Kier molecular flexibility index (Phi) is 11.4. The molecule has 7 heteroatoms. The molecule has 5 nitrogen and oxygen atoms in total. The van der Waals surface area contributed by atoms with Gasteiger partial charge in [0.05, 0.1) is 33.7 Å². The molecule has 1 atom stereocenters. The number of carbonyl (C=O) groups is 2. The summed E-state index contributed by atoms with van der Waals surface area (Å²) in [4.78, 5) is 27.5. The molecule has 39 heavy (non-hydrogen) atoms. The summed E-state index contributed by atoms with van der Waals surface area (Å²) in [5, 5.41) is 21.8. The third-order valence-corrected chi connectivity index (χ3v) is 7.63. The molecular formula is C32H34Cl2N2O3. The lowest BCUT2D eigenvalue weighted by molar-refractivity contribution is -0.137. The van der Waals surface area contributed by atoms with Crippen molar-refractivity contribution in [1.82, 2.24) is 4.90 Å². The number of hydrogen-bond acceptors (Lipinski definition) is 3. The second kappa shape index (κ2) is 14.7. The number of allylic oxidation sites excluding steroid dienone is 2. The van der Waals surface area contributed by atoms with E-state index in [1.165, 1.54) is 0 Å². The molecule has 3 rings (SSSR count). The third-order valence-electron chi connectivity index (χ3n) is 6.89. The number of rotatable bonds is 13. The summed E-state index contributed by atoms with van der Waals surface area (Å²) in [6.45, 7) is 4.40. The van der Waals surface area contributed by atoms with Gasteiger partial charge in [-0.15, -0.1) is 0 Å². The molecular weight excluding hydrogens is 531 g/mol. The number of carboxylic acids is 1. The average molecular weight is 566 g/mol. The molecule has 0 aromatic heterocycles. The zero-order valence-electron chi connectivity index (χ0n) is 22.4. The van der Waals surface area contributed by atoms with Crippen molar-refractivity contribution in [1.29, 1.82) is 5.26 Å². The minimum absolute atomic E-state index is 0.0475. The molecule has 1 unspecified atom stereocenters. The Morgan fingerprint density at radius 2 is 1.79 bits per heavy atom. The van der Waals surface area contributed by atoms with E-state index in [0.29, 0.717) is 39.7 Å². The quantitative estimate of drug-likeness (QED) is 0.211. The summed E-state index contributed by atoms with van der Waals surface area (Å²) in [6.07, 6.45) is 8.24. The lowest BCUT2D eigenvalue weighted by Gasteiger charge is -2.29. The molecule has 0 fully saturated rings. The minimum atomic E-state index is -0.979. The maximum absolute atomic E-state index is 14.3. The van der Waals surface area contributed by atoms with Crippen LogP contribution in [0.25, 0.3) is 10.8 Å². The minimum Gasteiger partial charge on any atom is -0.481 e. The lowest BCUT2D eigenvalue weighted by Crippen LogP contribution is -2.37. The summed E-state index contributed by atoms with van der Waals surface area (Å²) in [5.41, 5.74) is 2.54. The van der Waals surface area contributed by atoms with Gasteiger partial charge in [0.2, 0.25) is 0 Å². The van der Waals surface area contributed by atoms with Gasteiger partial charge >= 0.3 is 5.97 Å². The van der Waals surface area contributed by atoms with Crippen LogP contribution in [0.2, 0.25) is 10.0 Å². The molecule has 0 radical (unpaired) electrons. The van der Waals surface area contributed by atoms with E-state index < -0.39 is 5.97 Å². The molecule has 1 amide bonds. The summed E-state index contributed by atoms with van der Waals surface area (Å²) < 4.78 is 0. The molecule has 0 aliphatic carbocycles. The van der Waals surface area contributed by atoms with Crippen LogP contribution < -0.4 is 0 Å². The average Bonchev–Trinajstić information content (AvgIpc) is 2.93. The van der Waals surface area contributed by atoms with Crippen LogP contribution in [0.5, 0.6) is 0 Å². The normalized spacial score (nSPS) is 12.0. The molecule has 3 aromatic rings. The molecule has 0 saturated heterocycles. The summed E-state index contributed by atoms with van der Waals surface area (Å²) in [5.74, 6) is -1.35. The van der Waals surface area contributed by atoms with E-state index in [1.807, 2.05) is 49.4 Å². The molecule has 3 aromatic carbocycles. The first-order valence-electron chi connectivity index (χ1n) is 13.4. The van der Waals surface area contributed by atoms with Gasteiger partial charge in [-0.25, -0.2) is 0 Å². The number of unbranched alkanes of at least 4 members (excludes halogenated alkanes) is 1. The fourth-order valence-corrected chi connectivity index (χ4v) is 5.17. The highest BCUT2D eigenvalue weighted by Crippen LogP contribution is 2.32. The number of fused-ring (bicyclic) bond motifs is 1. The first-order chi connectivity index (χ1) is 18.8. The Hall–Kier alpha value is -3.33. The van der Waals surface area contributed by atoms with Crippen molar-refractivity contribution in [3.05, 3.63) is 93.0 Å². The van der Waals surface area contributed by atoms with E-state index in [-0.39, 0.29) is 24.8 Å². The van der Waals surface area contributed by atoms with Crippen molar-refractivity contribution >= 4 is 45.9 Å². The van der Waals surface area contributed by atoms with Crippen LogP contribution >= 0.6 is 23.2 Å². The van der Waals surface area contributed by atoms with Crippen molar-refractivity contribution < 1.29 is 14.7 Å². The number of nitrogens with zero attached hydrogens (tertiary/aromatic N) is 2. The molecule has 204 valence electrons. The van der Waals surface area contributed by atoms with Gasteiger partial charge < -0.3 is 10.0 Å². The molecule has 0 bridgehead atoms. The smallest absolute Gasteiger partial charge is 0.305 e. The number of halogens is 2. The zero-order valence-corrected chi connectivity index (χ0v) is 23.9. The van der Waals surface area contributed by atoms with E-state index in [9.17, 15) is 20.0 Å². The second-order valence-corrected chi connectivity index (χ2v) is 10.4. The van der Waals surface area contributed by atoms with Crippen LogP contribution in [0.15, 0.2) is 60.7 Å². The molecule has 0 heterocycles. The molecule has 0 saturated carbocycles. The Morgan fingerprint density at radius 1 is 1.05 bits per heavy atom. The van der Waals surface area contributed by atoms with Crippen molar-refractivity contribution in [2.75, 3.05) is 13.1 Å². The lowest BCUT2D eigenvalue weighted by atomic mass is 9.90. The first kappa shape index (κ1) is 30.2. The van der Waals surface area contributed by atoms with Gasteiger partial charge in [0.25, 0.3) is 5.91 Å². The molecule has 0 aliphatic heterocycles. The van der Waals surface area contributed by atoms with E-state index in [1.54, 1.807) is 11.0 Å². The van der Waals surface area contributed by atoms with E-state index >= 15 is 0 Å². The molecule has 1 N–H and O–H groups in total. The van der Waals surface area contributed by atoms with Crippen molar-refractivity contribution in [2.24, 2.45) is 0 Å². The Labute approximate surface area is 240 Å². The highest BCUT2D eigenvalue weighted by molar-refractivity contribution is 6.42. The molecule has 0 aliphatic rings. The van der Waals surface area contributed by atoms with Gasteiger partial charge in [-0.3, -0.25) is 9.59 Å². The van der Waals surface area contributed by atoms with Crippen molar-refractivity contribution in [3.8, 4) is 6.07 Å². The monoisotopic (exact) mass is 564 g/mol. The fourth-order valence-electron chi connectivity index (χ4n) is 4.86. The first-order valence-corrected chi connectivity index (χ1v) is 14.1. The van der Waals surface area contributed by atoms with Crippen LogP contribution in [-0.4, -0.2) is 35.0 Å². The van der Waals surface area contributed by atoms with Gasteiger partial charge in [-0.2, -0.15) is 5.26 Å². The number of carbonyl (C=O) groups excluding carboxylic acids is 1. The number of benzene rings is 3. The van der Waals surface area contributed by atoms with Crippen molar-refractivity contribution in [3.63, 3.8) is 0 Å². The van der Waals surface area contributed by atoms with Crippen LogP contribution in [0, 0.1) is 11.3 Å². The predicted octanol–water partition coefficient (Wildman–Crippen LogP) is 8.42. The van der Waals surface area contributed by atoms with Gasteiger partial charge in [0.1, 0.15) is 0 Å². The predicted molar refractivity (Wildman–Crippen MR) is 159 cm³/mol. The molecule has 0 spiro atoms.